The van der Waals surface area contributed by atoms with Crippen molar-refractivity contribution in [3.05, 3.63) is 0 Å². The molecular weight excluding hydrogens is 174 g/mol. The first-order valence-corrected chi connectivity index (χ1v) is 4.80. The number of halogens is 2. The maximum absolute atomic E-state index is 13.0. The maximum Gasteiger partial charge on any atom is 0.275 e. The molecule has 13 heavy (non-hydrogen) atoms. The zero-order chi connectivity index (χ0) is 10.5. The van der Waals surface area contributed by atoms with E-state index in [1.54, 1.807) is 19.0 Å². The summed E-state index contributed by atoms with van der Waals surface area (Å²) in [6.07, 6.45) is 0.528. The summed E-state index contributed by atoms with van der Waals surface area (Å²) in [5.41, 5.74) is 0. The highest BCUT2D eigenvalue weighted by molar-refractivity contribution is 4.89. The third kappa shape index (κ3) is 3.56. The van der Waals surface area contributed by atoms with Crippen molar-refractivity contribution in [2.75, 3.05) is 27.2 Å². The summed E-state index contributed by atoms with van der Waals surface area (Å²) in [7, 11) is 3.31. The molecule has 0 aliphatic carbocycles. The maximum atomic E-state index is 13.0. The standard InChI is InChI=1S/C7H14F2N2.C2H6/c1-10-6-3-4-11(2)5-7(6,8)9;1-2/h6,10H,3-5H2,1-2H3;1-2H3. The smallest absolute Gasteiger partial charge is 0.275 e. The van der Waals surface area contributed by atoms with E-state index < -0.39 is 12.0 Å². The minimum atomic E-state index is -2.57. The number of piperidine rings is 1. The molecule has 1 rings (SSSR count). The number of likely N-dealkylation sites (tertiary alicyclic amines) is 1. The van der Waals surface area contributed by atoms with Crippen LogP contribution in [0, 0.1) is 0 Å². The summed E-state index contributed by atoms with van der Waals surface area (Å²) in [6.45, 7) is 4.62. The van der Waals surface area contributed by atoms with E-state index in [0.717, 1.165) is 6.54 Å². The average Bonchev–Trinajstić information content (AvgIpc) is 2.06. The van der Waals surface area contributed by atoms with Gasteiger partial charge in [0.2, 0.25) is 0 Å². The van der Waals surface area contributed by atoms with E-state index in [2.05, 4.69) is 5.32 Å². The van der Waals surface area contributed by atoms with Crippen molar-refractivity contribution in [1.29, 1.82) is 0 Å². The van der Waals surface area contributed by atoms with Gasteiger partial charge in [-0.1, -0.05) is 13.8 Å². The number of rotatable bonds is 1. The van der Waals surface area contributed by atoms with Crippen molar-refractivity contribution >= 4 is 0 Å². The minimum absolute atomic E-state index is 0.126. The Bertz CT molecular complexity index is 140. The van der Waals surface area contributed by atoms with Crippen LogP contribution < -0.4 is 5.32 Å². The number of alkyl halides is 2. The largest absolute Gasteiger partial charge is 0.312 e. The number of nitrogens with zero attached hydrogens (tertiary/aromatic N) is 1. The van der Waals surface area contributed by atoms with Gasteiger partial charge in [0.15, 0.2) is 0 Å². The Morgan fingerprint density at radius 2 is 1.92 bits per heavy atom. The summed E-state index contributed by atoms with van der Waals surface area (Å²) < 4.78 is 26.0. The van der Waals surface area contributed by atoms with Crippen molar-refractivity contribution in [3.63, 3.8) is 0 Å². The molecule has 0 saturated carbocycles. The molecule has 0 aromatic rings. The summed E-state index contributed by atoms with van der Waals surface area (Å²) >= 11 is 0. The molecular formula is C9H20F2N2. The normalized spacial score (nSPS) is 27.7. The first-order chi connectivity index (χ1) is 6.06. The van der Waals surface area contributed by atoms with Crippen LogP contribution in [-0.2, 0) is 0 Å². The van der Waals surface area contributed by atoms with Crippen LogP contribution in [0.1, 0.15) is 20.3 Å². The van der Waals surface area contributed by atoms with Gasteiger partial charge in [0.25, 0.3) is 5.92 Å². The monoisotopic (exact) mass is 194 g/mol. The van der Waals surface area contributed by atoms with Crippen LogP contribution in [0.25, 0.3) is 0 Å². The fourth-order valence-electron chi connectivity index (χ4n) is 1.47. The Hall–Kier alpha value is -0.220. The summed E-state index contributed by atoms with van der Waals surface area (Å²) in [4.78, 5) is 1.66. The Labute approximate surface area is 79.3 Å². The molecule has 0 aromatic heterocycles. The molecule has 0 spiro atoms. The van der Waals surface area contributed by atoms with Crippen molar-refractivity contribution in [3.8, 4) is 0 Å². The number of hydrogen-bond acceptors (Lipinski definition) is 2. The van der Waals surface area contributed by atoms with Crippen LogP contribution in [0.15, 0.2) is 0 Å². The van der Waals surface area contributed by atoms with Gasteiger partial charge in [-0.15, -0.1) is 0 Å². The van der Waals surface area contributed by atoms with Gasteiger partial charge in [-0.2, -0.15) is 0 Å². The molecule has 1 unspecified atom stereocenters. The molecule has 0 amide bonds. The van der Waals surface area contributed by atoms with Crippen molar-refractivity contribution in [1.82, 2.24) is 10.2 Å². The summed E-state index contributed by atoms with van der Waals surface area (Å²) in [5.74, 6) is -2.57. The molecule has 0 aromatic carbocycles. The lowest BCUT2D eigenvalue weighted by molar-refractivity contribution is -0.0822. The third-order valence-electron chi connectivity index (χ3n) is 2.14. The van der Waals surface area contributed by atoms with Crippen LogP contribution in [0.3, 0.4) is 0 Å². The molecule has 2 nitrogen and oxygen atoms in total. The molecule has 1 fully saturated rings. The zero-order valence-electron chi connectivity index (χ0n) is 8.90. The van der Waals surface area contributed by atoms with Crippen molar-refractivity contribution in [2.24, 2.45) is 0 Å². The highest BCUT2D eigenvalue weighted by Gasteiger charge is 2.42. The lowest BCUT2D eigenvalue weighted by Crippen LogP contribution is -2.55. The number of hydrogen-bond donors (Lipinski definition) is 1. The van der Waals surface area contributed by atoms with Gasteiger partial charge in [0, 0.05) is 0 Å². The first-order valence-electron chi connectivity index (χ1n) is 4.80. The molecule has 1 N–H and O–H groups in total. The lowest BCUT2D eigenvalue weighted by atomic mass is 10.0. The second-order valence-corrected chi connectivity index (χ2v) is 3.13. The molecule has 0 radical (unpaired) electrons. The third-order valence-corrected chi connectivity index (χ3v) is 2.14. The van der Waals surface area contributed by atoms with Crippen molar-refractivity contribution in [2.45, 2.75) is 32.2 Å². The Morgan fingerprint density at radius 3 is 2.31 bits per heavy atom. The fourth-order valence-corrected chi connectivity index (χ4v) is 1.47. The fraction of sp³-hybridized carbons (Fsp3) is 1.00. The first kappa shape index (κ1) is 12.8. The average molecular weight is 194 g/mol. The molecule has 0 bridgehead atoms. The van der Waals surface area contributed by atoms with Crippen LogP contribution >= 0.6 is 0 Å². The van der Waals surface area contributed by atoms with Crippen LogP contribution in [0.5, 0.6) is 0 Å². The molecule has 1 atom stereocenters. The topological polar surface area (TPSA) is 15.3 Å². The van der Waals surface area contributed by atoms with Crippen LogP contribution in [-0.4, -0.2) is 44.0 Å². The molecule has 1 aliphatic rings. The van der Waals surface area contributed by atoms with E-state index in [1.807, 2.05) is 13.8 Å². The van der Waals surface area contributed by atoms with Crippen LogP contribution in [0.2, 0.25) is 0 Å². The molecule has 1 saturated heterocycles. The Balaban J connectivity index is 0.000000671. The highest BCUT2D eigenvalue weighted by Crippen LogP contribution is 2.25. The predicted molar refractivity (Wildman–Crippen MR) is 51.3 cm³/mol. The van der Waals surface area contributed by atoms with Gasteiger partial charge in [0.1, 0.15) is 0 Å². The van der Waals surface area contributed by atoms with E-state index in [9.17, 15) is 8.78 Å². The summed E-state index contributed by atoms with van der Waals surface area (Å²) in [5, 5.41) is 2.64. The number of nitrogens with one attached hydrogen (secondary N) is 1. The van der Waals surface area contributed by atoms with E-state index in [4.69, 9.17) is 0 Å². The van der Waals surface area contributed by atoms with Gasteiger partial charge >= 0.3 is 0 Å². The van der Waals surface area contributed by atoms with Crippen molar-refractivity contribution < 1.29 is 8.78 Å². The van der Waals surface area contributed by atoms with Gasteiger partial charge in [-0.05, 0) is 27.1 Å². The van der Waals surface area contributed by atoms with Gasteiger partial charge in [-0.3, -0.25) is 0 Å². The molecule has 1 aliphatic heterocycles. The van der Waals surface area contributed by atoms with E-state index in [1.165, 1.54) is 0 Å². The second-order valence-electron chi connectivity index (χ2n) is 3.13. The Morgan fingerprint density at radius 1 is 1.38 bits per heavy atom. The summed E-state index contributed by atoms with van der Waals surface area (Å²) in [6, 6.07) is -0.640. The minimum Gasteiger partial charge on any atom is -0.312 e. The zero-order valence-corrected chi connectivity index (χ0v) is 8.90. The van der Waals surface area contributed by atoms with Gasteiger partial charge in [0.05, 0.1) is 12.6 Å². The lowest BCUT2D eigenvalue weighted by Gasteiger charge is -2.36. The molecule has 1 heterocycles. The quantitative estimate of drug-likeness (QED) is 0.681. The van der Waals surface area contributed by atoms with Gasteiger partial charge < -0.3 is 10.2 Å². The van der Waals surface area contributed by atoms with E-state index in [-0.39, 0.29) is 6.54 Å². The SMILES string of the molecule is CC.CNC1CCN(C)CC1(F)F. The van der Waals surface area contributed by atoms with Gasteiger partial charge in [-0.25, -0.2) is 8.78 Å². The molecule has 4 heteroatoms. The van der Waals surface area contributed by atoms with E-state index >= 15 is 0 Å². The predicted octanol–water partition coefficient (Wildman–Crippen LogP) is 1.57. The van der Waals surface area contributed by atoms with Crippen LogP contribution in [0.4, 0.5) is 8.78 Å². The molecule has 80 valence electrons. The Kier molecular flexibility index (Phi) is 5.40. The second kappa shape index (κ2) is 5.50. The highest BCUT2D eigenvalue weighted by atomic mass is 19.3. The van der Waals surface area contributed by atoms with E-state index in [0.29, 0.717) is 6.42 Å².